The maximum atomic E-state index is 5.27. The van der Waals surface area contributed by atoms with Gasteiger partial charge in [0.25, 0.3) is 0 Å². The number of rotatable bonds is 2. The van der Waals surface area contributed by atoms with E-state index in [0.717, 1.165) is 28.5 Å². The van der Waals surface area contributed by atoms with Gasteiger partial charge in [0.05, 0.1) is 17.1 Å². The van der Waals surface area contributed by atoms with Crippen LogP contribution in [0, 0.1) is 0 Å². The van der Waals surface area contributed by atoms with Gasteiger partial charge in [0, 0.05) is 34.5 Å². The molecule has 0 radical (unpaired) electrons. The fourth-order valence-corrected chi connectivity index (χ4v) is 7.49. The Kier molecular flexibility index (Phi) is 5.24. The molecular weight excluding hydrogens is 534 g/mol. The normalized spacial score (nSPS) is 13.8. The van der Waals surface area contributed by atoms with Gasteiger partial charge in [0.2, 0.25) is 0 Å². The Balaban J connectivity index is 1.43. The molecule has 2 aliphatic rings. The Morgan fingerprint density at radius 1 is 0.545 bits per heavy atom. The van der Waals surface area contributed by atoms with Gasteiger partial charge in [0.1, 0.15) is 5.82 Å². The van der Waals surface area contributed by atoms with E-state index in [9.17, 15) is 0 Å². The van der Waals surface area contributed by atoms with Crippen molar-refractivity contribution in [2.45, 2.75) is 19.3 Å². The molecule has 0 N–H and O–H groups in total. The summed E-state index contributed by atoms with van der Waals surface area (Å²) in [6.45, 7) is 4.71. The highest BCUT2D eigenvalue weighted by Gasteiger charge is 2.39. The lowest BCUT2D eigenvalue weighted by Crippen LogP contribution is -2.14. The van der Waals surface area contributed by atoms with E-state index in [1.165, 1.54) is 55.3 Å². The summed E-state index contributed by atoms with van der Waals surface area (Å²) < 4.78 is 0. The molecule has 0 amide bonds. The first-order valence-corrected chi connectivity index (χ1v) is 15.2. The van der Waals surface area contributed by atoms with Gasteiger partial charge in [-0.1, -0.05) is 105 Å². The third-order valence-corrected chi connectivity index (χ3v) is 9.50. The van der Waals surface area contributed by atoms with E-state index in [1.807, 2.05) is 12.3 Å². The van der Waals surface area contributed by atoms with Crippen molar-refractivity contribution in [3.63, 3.8) is 0 Å². The lowest BCUT2D eigenvalue weighted by Gasteiger charge is -2.27. The van der Waals surface area contributed by atoms with E-state index in [4.69, 9.17) is 4.98 Å². The van der Waals surface area contributed by atoms with Crippen molar-refractivity contribution in [2.24, 2.45) is 0 Å². The summed E-state index contributed by atoms with van der Waals surface area (Å²) in [5.74, 6) is 0.875. The third-order valence-electron chi connectivity index (χ3n) is 9.50. The van der Waals surface area contributed by atoms with Crippen LogP contribution in [0.4, 0.5) is 17.2 Å². The Bertz CT molecular complexity index is 2270. The van der Waals surface area contributed by atoms with Gasteiger partial charge in [-0.2, -0.15) is 0 Å². The van der Waals surface area contributed by atoms with Crippen LogP contribution >= 0.6 is 0 Å². The first-order valence-electron chi connectivity index (χ1n) is 15.2. The van der Waals surface area contributed by atoms with E-state index in [0.29, 0.717) is 0 Å². The van der Waals surface area contributed by atoms with E-state index in [2.05, 4.69) is 145 Å². The average Bonchev–Trinajstić information content (AvgIpc) is 3.22. The number of anilines is 3. The molecule has 1 aliphatic carbocycles. The summed E-state index contributed by atoms with van der Waals surface area (Å²) in [6.07, 6.45) is 3.68. The minimum absolute atomic E-state index is 0.0942. The van der Waals surface area contributed by atoms with Crippen molar-refractivity contribution < 1.29 is 0 Å². The number of aromatic nitrogens is 2. The summed E-state index contributed by atoms with van der Waals surface area (Å²) in [6, 6.07) is 46.1. The molecule has 0 bridgehead atoms. The van der Waals surface area contributed by atoms with E-state index < -0.39 is 0 Å². The molecule has 9 rings (SSSR count). The van der Waals surface area contributed by atoms with Gasteiger partial charge in [-0.15, -0.1) is 0 Å². The molecular formula is C41H29N3. The van der Waals surface area contributed by atoms with Crippen LogP contribution in [0.25, 0.3) is 55.4 Å². The van der Waals surface area contributed by atoms with Crippen LogP contribution in [0.2, 0.25) is 0 Å². The van der Waals surface area contributed by atoms with Crippen LogP contribution in [-0.2, 0) is 5.41 Å². The fourth-order valence-electron chi connectivity index (χ4n) is 7.49. The second-order valence-corrected chi connectivity index (χ2v) is 12.2. The standard InChI is InChI=1S/C41H29N3/c1-41(2)32-16-7-5-14-29(32)40-33(41)22-21-31-38-28-13-4-3-11-26(28)20-23-36(38)44(35-18-8-6-15-30(35)39(31)40)37-19-9-17-34(43-37)27-12-10-24-42-25-27/h3-25H,1-2H3. The number of benzene rings is 5. The summed E-state index contributed by atoms with van der Waals surface area (Å²) in [4.78, 5) is 12.0. The molecule has 208 valence electrons. The zero-order valence-electron chi connectivity index (χ0n) is 24.6. The topological polar surface area (TPSA) is 29.0 Å². The molecule has 0 spiro atoms. The second kappa shape index (κ2) is 9.23. The highest BCUT2D eigenvalue weighted by Crippen LogP contribution is 2.59. The summed E-state index contributed by atoms with van der Waals surface area (Å²) in [5, 5.41) is 2.46. The molecule has 0 saturated carbocycles. The van der Waals surface area contributed by atoms with Gasteiger partial charge in [-0.3, -0.25) is 9.88 Å². The van der Waals surface area contributed by atoms with Gasteiger partial charge < -0.3 is 0 Å². The molecule has 0 atom stereocenters. The van der Waals surface area contributed by atoms with Gasteiger partial charge in [0.15, 0.2) is 0 Å². The van der Waals surface area contributed by atoms with Gasteiger partial charge >= 0.3 is 0 Å². The number of fused-ring (bicyclic) bond motifs is 11. The SMILES string of the molecule is CC1(C)c2ccccc2-c2c1ccc1c2-c2ccccc2N(c2cccc(-c3cccnc3)n2)c2ccc3ccccc3c2-1. The number of pyridine rings is 2. The van der Waals surface area contributed by atoms with E-state index >= 15 is 0 Å². The number of para-hydroxylation sites is 1. The van der Waals surface area contributed by atoms with Gasteiger partial charge in [-0.05, 0) is 80.6 Å². The first-order chi connectivity index (χ1) is 21.6. The van der Waals surface area contributed by atoms with Crippen LogP contribution in [0.15, 0.2) is 140 Å². The summed E-state index contributed by atoms with van der Waals surface area (Å²) in [5.41, 5.74) is 14.4. The van der Waals surface area contributed by atoms with Crippen LogP contribution in [0.5, 0.6) is 0 Å². The van der Waals surface area contributed by atoms with Crippen LogP contribution in [-0.4, -0.2) is 9.97 Å². The van der Waals surface area contributed by atoms with Crippen molar-refractivity contribution in [3.8, 4) is 44.6 Å². The molecule has 3 heterocycles. The number of hydrogen-bond donors (Lipinski definition) is 0. The molecule has 0 unspecified atom stereocenters. The van der Waals surface area contributed by atoms with Crippen LogP contribution in [0.3, 0.4) is 0 Å². The summed E-state index contributed by atoms with van der Waals surface area (Å²) in [7, 11) is 0. The highest BCUT2D eigenvalue weighted by molar-refractivity contribution is 6.15. The molecule has 0 fully saturated rings. The largest absolute Gasteiger partial charge is 0.294 e. The number of hydrogen-bond acceptors (Lipinski definition) is 3. The molecule has 2 aromatic heterocycles. The van der Waals surface area contributed by atoms with Crippen LogP contribution in [0.1, 0.15) is 25.0 Å². The smallest absolute Gasteiger partial charge is 0.138 e. The molecule has 0 saturated heterocycles. The first kappa shape index (κ1) is 25.0. The van der Waals surface area contributed by atoms with Gasteiger partial charge in [-0.25, -0.2) is 4.98 Å². The predicted molar refractivity (Wildman–Crippen MR) is 182 cm³/mol. The maximum Gasteiger partial charge on any atom is 0.138 e. The van der Waals surface area contributed by atoms with Crippen molar-refractivity contribution in [3.05, 3.63) is 151 Å². The Labute approximate surface area is 257 Å². The average molecular weight is 564 g/mol. The lowest BCUT2D eigenvalue weighted by atomic mass is 9.80. The molecule has 5 aromatic carbocycles. The Hall–Kier alpha value is -5.54. The Morgan fingerprint density at radius 2 is 1.36 bits per heavy atom. The molecule has 3 heteroatoms. The second-order valence-electron chi connectivity index (χ2n) is 12.2. The predicted octanol–water partition coefficient (Wildman–Crippen LogP) is 10.7. The van der Waals surface area contributed by atoms with Crippen LogP contribution < -0.4 is 4.90 Å². The lowest BCUT2D eigenvalue weighted by molar-refractivity contribution is 0.660. The number of nitrogens with zero attached hydrogens (tertiary/aromatic N) is 3. The molecule has 3 nitrogen and oxygen atoms in total. The quantitative estimate of drug-likeness (QED) is 0.209. The molecule has 7 aromatic rings. The third kappa shape index (κ3) is 3.44. The monoisotopic (exact) mass is 563 g/mol. The summed E-state index contributed by atoms with van der Waals surface area (Å²) >= 11 is 0. The van der Waals surface area contributed by atoms with Crippen molar-refractivity contribution in [2.75, 3.05) is 4.90 Å². The minimum Gasteiger partial charge on any atom is -0.294 e. The van der Waals surface area contributed by atoms with Crippen molar-refractivity contribution >= 4 is 28.0 Å². The van der Waals surface area contributed by atoms with E-state index in [-0.39, 0.29) is 5.41 Å². The zero-order valence-corrected chi connectivity index (χ0v) is 24.6. The van der Waals surface area contributed by atoms with Crippen molar-refractivity contribution in [1.29, 1.82) is 0 Å². The molecule has 1 aliphatic heterocycles. The molecule has 44 heavy (non-hydrogen) atoms. The fraction of sp³-hybridized carbons (Fsp3) is 0.0732. The zero-order chi connectivity index (χ0) is 29.4. The highest BCUT2D eigenvalue weighted by atomic mass is 15.2. The minimum atomic E-state index is -0.0942. The van der Waals surface area contributed by atoms with Crippen molar-refractivity contribution in [1.82, 2.24) is 9.97 Å². The maximum absolute atomic E-state index is 5.27. The van der Waals surface area contributed by atoms with E-state index in [1.54, 1.807) is 6.20 Å². The Morgan fingerprint density at radius 3 is 2.25 bits per heavy atom.